The number of methoxy groups -OCH3 is 1. The molecule has 0 aliphatic heterocycles. The average molecular weight is 441 g/mol. The maximum Gasteiger partial charge on any atom is 0.0571 e. The van der Waals surface area contributed by atoms with E-state index in [-0.39, 0.29) is 0 Å². The third-order valence-corrected chi connectivity index (χ3v) is 10.4. The van der Waals surface area contributed by atoms with Crippen molar-refractivity contribution in [3.8, 4) is 0 Å². The summed E-state index contributed by atoms with van der Waals surface area (Å²) in [6.45, 7) is 4.01. The minimum atomic E-state index is 0.557. The topological polar surface area (TPSA) is 9.23 Å². The van der Waals surface area contributed by atoms with Crippen molar-refractivity contribution < 1.29 is 4.74 Å². The molecule has 0 bridgehead atoms. The second-order valence-electron chi connectivity index (χ2n) is 12.1. The van der Waals surface area contributed by atoms with Crippen molar-refractivity contribution in [1.82, 2.24) is 0 Å². The van der Waals surface area contributed by atoms with Crippen molar-refractivity contribution in [3.05, 3.63) is 24.8 Å². The normalized spacial score (nSPS) is 41.5. The summed E-state index contributed by atoms with van der Waals surface area (Å²) in [7, 11) is 1.89. The van der Waals surface area contributed by atoms with E-state index < -0.39 is 0 Å². The molecule has 4 rings (SSSR count). The van der Waals surface area contributed by atoms with Crippen molar-refractivity contribution in [3.63, 3.8) is 0 Å². The Morgan fingerprint density at radius 3 is 1.59 bits per heavy atom. The molecule has 0 N–H and O–H groups in total. The standard InChI is InChI=1S/C31H52O/c1-3-24-8-14-27(15-9-24)28-16-10-25(11-17-28)6-4-5-7-26-12-18-29(19-13-26)30-20-22-31(32-2)23-21-30/h3-4,6,24-31H,1,5,7-23H2,2H3/b6-4+. The van der Waals surface area contributed by atoms with Crippen LogP contribution in [0, 0.1) is 41.4 Å². The highest BCUT2D eigenvalue weighted by Crippen LogP contribution is 2.43. The third kappa shape index (κ3) is 6.97. The molecule has 4 fully saturated rings. The fraction of sp³-hybridized carbons (Fsp3) is 0.871. The van der Waals surface area contributed by atoms with Crippen LogP contribution in [0.15, 0.2) is 24.8 Å². The molecule has 0 atom stereocenters. The second kappa shape index (κ2) is 12.8. The molecule has 0 spiro atoms. The van der Waals surface area contributed by atoms with E-state index in [1.165, 1.54) is 116 Å². The molecule has 0 radical (unpaired) electrons. The number of rotatable bonds is 8. The van der Waals surface area contributed by atoms with E-state index >= 15 is 0 Å². The van der Waals surface area contributed by atoms with Crippen LogP contribution >= 0.6 is 0 Å². The van der Waals surface area contributed by atoms with E-state index in [0.717, 1.165) is 41.4 Å². The van der Waals surface area contributed by atoms with Crippen LogP contribution in [0.5, 0.6) is 0 Å². The predicted molar refractivity (Wildman–Crippen MR) is 138 cm³/mol. The van der Waals surface area contributed by atoms with E-state index in [1.807, 2.05) is 7.11 Å². The van der Waals surface area contributed by atoms with Gasteiger partial charge >= 0.3 is 0 Å². The lowest BCUT2D eigenvalue weighted by Gasteiger charge is -2.37. The van der Waals surface area contributed by atoms with Gasteiger partial charge in [0.15, 0.2) is 0 Å². The Morgan fingerprint density at radius 2 is 1.09 bits per heavy atom. The SMILES string of the molecule is C=CC1CCC(C2CCC(/C=C/CCC3CCC(C4CCC(OC)CC4)CC3)CC2)CC1. The Balaban J connectivity index is 1.06. The molecule has 32 heavy (non-hydrogen) atoms. The smallest absolute Gasteiger partial charge is 0.0571 e. The molecule has 0 unspecified atom stereocenters. The first kappa shape index (κ1) is 24.6. The molecule has 182 valence electrons. The van der Waals surface area contributed by atoms with Crippen LogP contribution in [0.1, 0.15) is 116 Å². The Labute approximate surface area is 199 Å². The lowest BCUT2D eigenvalue weighted by molar-refractivity contribution is 0.0392. The highest BCUT2D eigenvalue weighted by atomic mass is 16.5. The van der Waals surface area contributed by atoms with Gasteiger partial charge in [0.2, 0.25) is 0 Å². The first-order valence-electron chi connectivity index (χ1n) is 14.6. The van der Waals surface area contributed by atoms with Gasteiger partial charge in [0, 0.05) is 7.11 Å². The van der Waals surface area contributed by atoms with Gasteiger partial charge in [-0.15, -0.1) is 6.58 Å². The summed E-state index contributed by atoms with van der Waals surface area (Å²) >= 11 is 0. The van der Waals surface area contributed by atoms with E-state index in [0.29, 0.717) is 6.10 Å². The summed E-state index contributed by atoms with van der Waals surface area (Å²) in [6, 6.07) is 0. The summed E-state index contributed by atoms with van der Waals surface area (Å²) in [6.07, 6.45) is 33.9. The van der Waals surface area contributed by atoms with Crippen molar-refractivity contribution in [2.75, 3.05) is 7.11 Å². The Kier molecular flexibility index (Phi) is 9.81. The van der Waals surface area contributed by atoms with Gasteiger partial charge in [0.25, 0.3) is 0 Å². The van der Waals surface area contributed by atoms with Crippen LogP contribution in [-0.2, 0) is 4.74 Å². The monoisotopic (exact) mass is 440 g/mol. The molecular formula is C31H52O. The Morgan fingerprint density at radius 1 is 0.625 bits per heavy atom. The molecule has 1 heteroatoms. The molecule has 0 amide bonds. The van der Waals surface area contributed by atoms with Crippen LogP contribution in [0.3, 0.4) is 0 Å². The Hall–Kier alpha value is -0.560. The zero-order chi connectivity index (χ0) is 22.2. The van der Waals surface area contributed by atoms with Crippen molar-refractivity contribution in [2.45, 2.75) is 122 Å². The summed E-state index contributed by atoms with van der Waals surface area (Å²) in [5.41, 5.74) is 0. The first-order chi connectivity index (χ1) is 15.7. The van der Waals surface area contributed by atoms with Gasteiger partial charge in [-0.25, -0.2) is 0 Å². The molecule has 4 aliphatic carbocycles. The van der Waals surface area contributed by atoms with E-state index in [4.69, 9.17) is 4.74 Å². The maximum atomic E-state index is 5.57. The minimum Gasteiger partial charge on any atom is -0.381 e. The van der Waals surface area contributed by atoms with E-state index in [1.54, 1.807) is 0 Å². The third-order valence-electron chi connectivity index (χ3n) is 10.4. The fourth-order valence-electron chi connectivity index (χ4n) is 8.03. The van der Waals surface area contributed by atoms with Crippen LogP contribution in [-0.4, -0.2) is 13.2 Å². The van der Waals surface area contributed by atoms with Gasteiger partial charge in [-0.1, -0.05) is 31.1 Å². The lowest BCUT2D eigenvalue weighted by atomic mass is 9.69. The maximum absolute atomic E-state index is 5.57. The quantitative estimate of drug-likeness (QED) is 0.342. The lowest BCUT2D eigenvalue weighted by Crippen LogP contribution is -2.28. The molecular weight excluding hydrogens is 388 g/mol. The zero-order valence-corrected chi connectivity index (χ0v) is 21.2. The van der Waals surface area contributed by atoms with Crippen LogP contribution < -0.4 is 0 Å². The Bertz CT molecular complexity index is 547. The summed E-state index contributed by atoms with van der Waals surface area (Å²) < 4.78 is 5.57. The molecule has 0 aromatic rings. The molecule has 1 nitrogen and oxygen atoms in total. The van der Waals surface area contributed by atoms with Crippen molar-refractivity contribution in [1.29, 1.82) is 0 Å². The van der Waals surface area contributed by atoms with Gasteiger partial charge < -0.3 is 4.74 Å². The molecule has 0 aromatic carbocycles. The molecule has 0 heterocycles. The number of ether oxygens (including phenoxy) is 1. The van der Waals surface area contributed by atoms with E-state index in [9.17, 15) is 0 Å². The first-order valence-corrected chi connectivity index (χ1v) is 14.6. The molecule has 4 aliphatic rings. The second-order valence-corrected chi connectivity index (χ2v) is 12.1. The molecule has 0 aromatic heterocycles. The minimum absolute atomic E-state index is 0.557. The van der Waals surface area contributed by atoms with Gasteiger partial charge in [-0.2, -0.15) is 0 Å². The zero-order valence-electron chi connectivity index (χ0n) is 21.2. The highest BCUT2D eigenvalue weighted by molar-refractivity contribution is 4.94. The van der Waals surface area contributed by atoms with Crippen LogP contribution in [0.4, 0.5) is 0 Å². The largest absolute Gasteiger partial charge is 0.381 e. The van der Waals surface area contributed by atoms with Crippen molar-refractivity contribution in [2.24, 2.45) is 41.4 Å². The number of hydrogen-bond acceptors (Lipinski definition) is 1. The average Bonchev–Trinajstić information content (AvgIpc) is 2.87. The van der Waals surface area contributed by atoms with Gasteiger partial charge in [0.1, 0.15) is 0 Å². The van der Waals surface area contributed by atoms with Crippen LogP contribution in [0.2, 0.25) is 0 Å². The summed E-state index contributed by atoms with van der Waals surface area (Å²) in [5.74, 6) is 6.81. The van der Waals surface area contributed by atoms with Gasteiger partial charge in [-0.3, -0.25) is 0 Å². The highest BCUT2D eigenvalue weighted by Gasteiger charge is 2.31. The number of allylic oxidation sites excluding steroid dienone is 3. The summed E-state index contributed by atoms with van der Waals surface area (Å²) in [5, 5.41) is 0. The van der Waals surface area contributed by atoms with Crippen molar-refractivity contribution >= 4 is 0 Å². The van der Waals surface area contributed by atoms with Gasteiger partial charge in [0.05, 0.1) is 6.10 Å². The van der Waals surface area contributed by atoms with Crippen LogP contribution in [0.25, 0.3) is 0 Å². The summed E-state index contributed by atoms with van der Waals surface area (Å²) in [4.78, 5) is 0. The fourth-order valence-corrected chi connectivity index (χ4v) is 8.03. The molecule has 0 saturated heterocycles. The number of hydrogen-bond donors (Lipinski definition) is 0. The predicted octanol–water partition coefficient (Wildman–Crippen LogP) is 9.13. The van der Waals surface area contributed by atoms with E-state index in [2.05, 4.69) is 24.8 Å². The van der Waals surface area contributed by atoms with Gasteiger partial charge in [-0.05, 0) is 144 Å². The molecule has 4 saturated carbocycles.